The fourth-order valence-corrected chi connectivity index (χ4v) is 4.45. The van der Waals surface area contributed by atoms with Crippen LogP contribution < -0.4 is 39.8 Å². The molecule has 2 amide bonds. The molecule has 1 N–H and O–H groups in total. The summed E-state index contributed by atoms with van der Waals surface area (Å²) < 4.78 is 8.83. The van der Waals surface area contributed by atoms with E-state index in [0.29, 0.717) is 26.8 Å². The molecular weight excluding hydrogens is 655 g/mol. The number of halogens is 1. The first-order valence-corrected chi connectivity index (χ1v) is 13.9. The van der Waals surface area contributed by atoms with E-state index in [9.17, 15) is 29.0 Å². The Hall–Kier alpha value is -3.40. The van der Waals surface area contributed by atoms with Crippen molar-refractivity contribution in [1.82, 2.24) is 0 Å². The molecule has 2 aliphatic rings. The molecule has 0 unspecified atom stereocenters. The van der Waals surface area contributed by atoms with Crippen LogP contribution in [-0.2, 0) is 49.2 Å². The second kappa shape index (κ2) is 16.1. The second-order valence-corrected chi connectivity index (χ2v) is 10.8. The molecule has 4 rings (SSSR count). The van der Waals surface area contributed by atoms with Crippen molar-refractivity contribution in [2.75, 3.05) is 50.5 Å². The average Bonchev–Trinajstić information content (AvgIpc) is 3.35. The molecule has 44 heavy (non-hydrogen) atoms. The summed E-state index contributed by atoms with van der Waals surface area (Å²) in [6.45, 7) is 6.98. The van der Waals surface area contributed by atoms with Crippen LogP contribution in [0.2, 0.25) is 0 Å². The van der Waals surface area contributed by atoms with Gasteiger partial charge in [-0.25, -0.2) is 9.68 Å². The number of ether oxygens (including phenoxy) is 2. The van der Waals surface area contributed by atoms with Gasteiger partial charge in [0.25, 0.3) is 9.85 Å². The smallest absolute Gasteiger partial charge is 1.00 e. The predicted octanol–water partition coefficient (Wildman–Crippen LogP) is 1.01. The van der Waals surface area contributed by atoms with Gasteiger partial charge < -0.3 is 21.1 Å². The molecule has 2 aromatic rings. The summed E-state index contributed by atoms with van der Waals surface area (Å²) in [6.07, 6.45) is 0. The Balaban J connectivity index is 0.000000718. The number of hydrogen-bond acceptors (Lipinski definition) is 10. The van der Waals surface area contributed by atoms with Crippen LogP contribution in [0.4, 0.5) is 22.7 Å². The monoisotopic (exact) mass is 690 g/mol. The first-order chi connectivity index (χ1) is 20.1. The zero-order chi connectivity index (χ0) is 32.7. The van der Waals surface area contributed by atoms with Crippen LogP contribution in [0.3, 0.4) is 0 Å². The van der Waals surface area contributed by atoms with Crippen molar-refractivity contribution in [3.05, 3.63) is 57.3 Å². The quantitative estimate of drug-likeness (QED) is 0.192. The summed E-state index contributed by atoms with van der Waals surface area (Å²) in [6, 6.07) is 9.75. The van der Waals surface area contributed by atoms with Gasteiger partial charge in [-0.3, -0.25) is 19.2 Å². The molecule has 14 nitrogen and oxygen atoms in total. The van der Waals surface area contributed by atoms with Gasteiger partial charge in [-0.05, 0) is 51.0 Å². The molecule has 0 fully saturated rings. The van der Waals surface area contributed by atoms with Crippen molar-refractivity contribution < 1.29 is 79.2 Å². The summed E-state index contributed by atoms with van der Waals surface area (Å²) >= 11 is 2.90. The van der Waals surface area contributed by atoms with E-state index in [1.807, 2.05) is 13.8 Å². The number of hydrogen-bond donors (Lipinski definition) is 1. The molecule has 0 aliphatic carbocycles. The number of nitrogens with zero attached hydrogens (tertiary/aromatic N) is 3. The molecular formula is C28H36BrN4NaO10+2. The third kappa shape index (κ3) is 8.40. The van der Waals surface area contributed by atoms with Gasteiger partial charge in [0, 0.05) is 35.6 Å². The number of fused-ring (bicyclic) bond motifs is 2. The van der Waals surface area contributed by atoms with Gasteiger partial charge in [-0.15, -0.1) is 0 Å². The van der Waals surface area contributed by atoms with Gasteiger partial charge in [-0.2, -0.15) is 0 Å². The Morgan fingerprint density at radius 1 is 0.841 bits per heavy atom. The SMILES string of the molecule is COC(=O)CBr.COC(=O)CN1C(=O)C(C)(C)c2cc([N+](=O)OC)ccc21.CO[N+](=O)c1ccc2c(c1)C(C)(C)C(=O)N2.[H-].[Na+]. The summed E-state index contributed by atoms with van der Waals surface area (Å²) in [5, 5.41) is 3.05. The zero-order valence-electron chi connectivity index (χ0n) is 27.2. The van der Waals surface area contributed by atoms with Gasteiger partial charge in [0.15, 0.2) is 14.2 Å². The molecule has 0 spiro atoms. The fourth-order valence-electron chi connectivity index (χ4n) is 4.22. The molecule has 16 heteroatoms. The minimum Gasteiger partial charge on any atom is -1.00 e. The van der Waals surface area contributed by atoms with E-state index in [4.69, 9.17) is 0 Å². The van der Waals surface area contributed by atoms with E-state index in [-0.39, 0.29) is 66.3 Å². The van der Waals surface area contributed by atoms with E-state index in [1.165, 1.54) is 39.4 Å². The summed E-state index contributed by atoms with van der Waals surface area (Å²) in [4.78, 5) is 79.7. The normalized spacial score (nSPS) is 14.5. The number of carbonyl (C=O) groups excluding carboxylic acids is 4. The minimum absolute atomic E-state index is 0. The van der Waals surface area contributed by atoms with Crippen LogP contribution in [0, 0.1) is 9.81 Å². The Morgan fingerprint density at radius 2 is 1.34 bits per heavy atom. The molecule has 0 radical (unpaired) electrons. The molecule has 2 aromatic carbocycles. The first kappa shape index (κ1) is 38.6. The summed E-state index contributed by atoms with van der Waals surface area (Å²) in [5.41, 5.74) is 2.07. The first-order valence-electron chi connectivity index (χ1n) is 12.7. The van der Waals surface area contributed by atoms with Crippen LogP contribution in [0.15, 0.2) is 36.4 Å². The molecule has 2 aliphatic heterocycles. The number of rotatable bonds is 7. The maximum Gasteiger partial charge on any atom is 1.00 e. The van der Waals surface area contributed by atoms with Gasteiger partial charge in [0.05, 0.1) is 34.9 Å². The van der Waals surface area contributed by atoms with Gasteiger partial charge in [0.1, 0.15) is 11.9 Å². The van der Waals surface area contributed by atoms with Crippen molar-refractivity contribution in [1.29, 1.82) is 0 Å². The average molecular weight is 692 g/mol. The van der Waals surface area contributed by atoms with Crippen molar-refractivity contribution in [3.63, 3.8) is 0 Å². The number of carbonyl (C=O) groups is 4. The van der Waals surface area contributed by atoms with Gasteiger partial charge >= 0.3 is 52.9 Å². The molecule has 0 saturated carbocycles. The van der Waals surface area contributed by atoms with Crippen molar-refractivity contribution in [2.45, 2.75) is 38.5 Å². The third-order valence-corrected chi connectivity index (χ3v) is 7.28. The maximum absolute atomic E-state index is 12.5. The van der Waals surface area contributed by atoms with E-state index in [2.05, 4.69) is 40.4 Å². The van der Waals surface area contributed by atoms with Crippen LogP contribution in [0.5, 0.6) is 0 Å². The molecule has 0 bridgehead atoms. The van der Waals surface area contributed by atoms with Gasteiger partial charge in [-0.1, -0.05) is 15.9 Å². The number of alkyl halides is 1. The van der Waals surface area contributed by atoms with Crippen molar-refractivity contribution >= 4 is 62.4 Å². The summed E-state index contributed by atoms with van der Waals surface area (Å²) in [7, 11) is 5.18. The molecule has 234 valence electrons. The topological polar surface area (TPSA) is 161 Å². The predicted molar refractivity (Wildman–Crippen MR) is 159 cm³/mol. The Bertz CT molecular complexity index is 1450. The third-order valence-electron chi connectivity index (χ3n) is 6.82. The Labute approximate surface area is 286 Å². The standard InChI is InChI=1S/C14H17N2O5.C11H12N2O3.C3H5BrO2.Na.H/c1-14(2)10-7-9(16(19)21-4)5-6-11(10)15(13(14)18)8-12(17)20-3;1-11(2)8-6-7(13(15)16-3)4-5-9(8)12-10(11)14;1-6-3(5)2-4;;/h5-7H,8H2,1-4H3;4-6H,1-3H3;2H2,1H3;;/q+1;;;+1;-1/p+1. The number of nitrogens with one attached hydrogen (secondary N) is 1. The molecule has 0 atom stereocenters. The van der Waals surface area contributed by atoms with Crippen molar-refractivity contribution in [2.24, 2.45) is 0 Å². The van der Waals surface area contributed by atoms with E-state index in [1.54, 1.807) is 44.2 Å². The largest absolute Gasteiger partial charge is 1.00 e. The van der Waals surface area contributed by atoms with Crippen LogP contribution in [0.1, 0.15) is 40.2 Å². The van der Waals surface area contributed by atoms with E-state index in [0.717, 1.165) is 11.3 Å². The molecule has 0 saturated heterocycles. The number of benzene rings is 2. The maximum atomic E-state index is 12.5. The Kier molecular flexibility index (Phi) is 14.1. The second-order valence-electron chi connectivity index (χ2n) is 10.2. The van der Waals surface area contributed by atoms with E-state index < -0.39 is 16.8 Å². The zero-order valence-corrected chi connectivity index (χ0v) is 29.8. The van der Waals surface area contributed by atoms with Crippen LogP contribution in [-0.4, -0.2) is 73.9 Å². The van der Waals surface area contributed by atoms with Crippen molar-refractivity contribution in [3.8, 4) is 0 Å². The van der Waals surface area contributed by atoms with E-state index >= 15 is 0 Å². The fraction of sp³-hybridized carbons (Fsp3) is 0.429. The summed E-state index contributed by atoms with van der Waals surface area (Å²) in [5.74, 6) is -1.02. The molecule has 0 aromatic heterocycles. The number of methoxy groups -OCH3 is 2. The number of amides is 2. The van der Waals surface area contributed by atoms with Crippen LogP contribution >= 0.6 is 15.9 Å². The number of anilines is 2. The molecule has 2 heterocycles. The minimum atomic E-state index is -0.825. The van der Waals surface area contributed by atoms with Gasteiger partial charge in [0.2, 0.25) is 11.8 Å². The number of esters is 2. The Morgan fingerprint density at radius 3 is 1.80 bits per heavy atom. The van der Waals surface area contributed by atoms with Crippen LogP contribution in [0.25, 0.3) is 0 Å².